The van der Waals surface area contributed by atoms with Crippen LogP contribution in [0.25, 0.3) is 0 Å². The van der Waals surface area contributed by atoms with Gasteiger partial charge in [0.2, 0.25) is 0 Å². The monoisotopic (exact) mass is 669 g/mol. The Labute approximate surface area is 251 Å². The summed E-state index contributed by atoms with van der Waals surface area (Å²) in [6.07, 6.45) is 1.91. The van der Waals surface area contributed by atoms with Crippen molar-refractivity contribution >= 4 is 55.0 Å². The summed E-state index contributed by atoms with van der Waals surface area (Å²) in [6.45, 7) is 9.92. The zero-order chi connectivity index (χ0) is 29.0. The second-order valence-electron chi connectivity index (χ2n) is 12.5. The molecule has 0 radical (unpaired) electrons. The topological polar surface area (TPSA) is 81.7 Å². The van der Waals surface area contributed by atoms with Gasteiger partial charge in [-0.3, -0.25) is 14.4 Å². The van der Waals surface area contributed by atoms with Gasteiger partial charge in [-0.2, -0.15) is 0 Å². The van der Waals surface area contributed by atoms with Crippen LogP contribution in [-0.4, -0.2) is 24.1 Å². The largest absolute Gasteiger partial charge is 0.482 e. The minimum atomic E-state index is -0.644. The van der Waals surface area contributed by atoms with Crippen LogP contribution in [-0.2, 0) is 19.1 Å². The second-order valence-corrected chi connectivity index (χ2v) is 14.3. The van der Waals surface area contributed by atoms with Crippen molar-refractivity contribution in [2.24, 2.45) is 10.8 Å². The predicted octanol–water partition coefficient (Wildman–Crippen LogP) is 7.94. The number of allylic oxidation sites excluding steroid dienone is 4. The van der Waals surface area contributed by atoms with Crippen LogP contribution in [0.15, 0.2) is 68.0 Å². The first-order valence-corrected chi connectivity index (χ1v) is 15.0. The van der Waals surface area contributed by atoms with Gasteiger partial charge in [0.15, 0.2) is 18.2 Å². The van der Waals surface area contributed by atoms with E-state index < -0.39 is 5.92 Å². The molecule has 2 aromatic carbocycles. The molecule has 2 aromatic rings. The Morgan fingerprint density at radius 3 is 2.10 bits per heavy atom. The van der Waals surface area contributed by atoms with E-state index in [2.05, 4.69) is 64.9 Å². The van der Waals surface area contributed by atoms with E-state index >= 15 is 0 Å². The lowest BCUT2D eigenvalue weighted by Crippen LogP contribution is -2.37. The molecule has 1 amide bonds. The first-order chi connectivity index (χ1) is 18.7. The molecule has 210 valence electrons. The Morgan fingerprint density at radius 1 is 0.950 bits per heavy atom. The van der Waals surface area contributed by atoms with Crippen LogP contribution >= 0.6 is 31.9 Å². The second kappa shape index (κ2) is 10.6. The van der Waals surface area contributed by atoms with Crippen molar-refractivity contribution < 1.29 is 23.9 Å². The number of Topliss-reactive ketones (excluding diaryl/α,β-unsaturated/α-hetero) is 2. The zero-order valence-corrected chi connectivity index (χ0v) is 26.5. The lowest BCUT2D eigenvalue weighted by atomic mass is 9.65. The minimum absolute atomic E-state index is 0.0280. The Kier molecular flexibility index (Phi) is 7.64. The summed E-state index contributed by atoms with van der Waals surface area (Å²) in [5.41, 5.74) is 2.84. The molecule has 0 aromatic heterocycles. The molecule has 1 aliphatic heterocycles. The molecule has 0 fully saturated rings. The number of hydrogen-bond acceptors (Lipinski definition) is 5. The number of hydrogen-bond donors (Lipinski definition) is 1. The van der Waals surface area contributed by atoms with E-state index in [4.69, 9.17) is 9.47 Å². The van der Waals surface area contributed by atoms with Gasteiger partial charge in [-0.05, 0) is 57.4 Å². The zero-order valence-electron chi connectivity index (χ0n) is 23.4. The molecule has 0 atom stereocenters. The summed E-state index contributed by atoms with van der Waals surface area (Å²) in [5, 5.41) is 2.90. The van der Waals surface area contributed by atoms with Gasteiger partial charge < -0.3 is 14.8 Å². The maximum Gasteiger partial charge on any atom is 0.262 e. The summed E-state index contributed by atoms with van der Waals surface area (Å²) < 4.78 is 14.0. The Balaban J connectivity index is 1.58. The number of aryl methyl sites for hydroxylation is 1. The van der Waals surface area contributed by atoms with E-state index in [1.54, 1.807) is 0 Å². The van der Waals surface area contributed by atoms with Gasteiger partial charge in [-0.15, -0.1) is 0 Å². The summed E-state index contributed by atoms with van der Waals surface area (Å²) in [7, 11) is 0. The van der Waals surface area contributed by atoms with E-state index in [9.17, 15) is 14.4 Å². The fraction of sp³-hybridized carbons (Fsp3) is 0.406. The molecular weight excluding hydrogens is 638 g/mol. The van der Waals surface area contributed by atoms with Crippen LogP contribution in [0, 0.1) is 17.8 Å². The number of nitrogens with one attached hydrogen (secondary N) is 1. The fourth-order valence-corrected chi connectivity index (χ4v) is 7.34. The average Bonchev–Trinajstić information content (AvgIpc) is 2.81. The summed E-state index contributed by atoms with van der Waals surface area (Å²) in [4.78, 5) is 40.3. The number of rotatable bonds is 5. The number of carbonyl (C=O) groups excluding carboxylic acids is 3. The molecule has 0 saturated carbocycles. The molecule has 0 spiro atoms. The van der Waals surface area contributed by atoms with Gasteiger partial charge in [-0.1, -0.05) is 61.8 Å². The highest BCUT2D eigenvalue weighted by molar-refractivity contribution is 9.11. The molecule has 40 heavy (non-hydrogen) atoms. The van der Waals surface area contributed by atoms with Crippen molar-refractivity contribution in [3.63, 3.8) is 0 Å². The maximum absolute atomic E-state index is 13.7. The highest BCUT2D eigenvalue weighted by atomic mass is 79.9. The van der Waals surface area contributed by atoms with Crippen molar-refractivity contribution in [1.82, 2.24) is 0 Å². The molecule has 0 unspecified atom stereocenters. The lowest BCUT2D eigenvalue weighted by molar-refractivity contribution is -0.121. The van der Waals surface area contributed by atoms with E-state index in [0.29, 0.717) is 69.8 Å². The fourth-order valence-electron chi connectivity index (χ4n) is 5.97. The first kappa shape index (κ1) is 28.8. The number of anilines is 1. The number of ketones is 2. The average molecular weight is 671 g/mol. The van der Waals surface area contributed by atoms with E-state index in [1.807, 2.05) is 43.3 Å². The molecule has 6 nitrogen and oxygen atoms in total. The van der Waals surface area contributed by atoms with Gasteiger partial charge in [-0.25, -0.2) is 0 Å². The number of benzene rings is 2. The summed E-state index contributed by atoms with van der Waals surface area (Å²) in [5.74, 6) is 0.676. The Bertz CT molecular complexity index is 1450. The van der Waals surface area contributed by atoms with E-state index in [0.717, 1.165) is 10.0 Å². The SMILES string of the molecule is Cc1ccccc1NC(=O)COc1c(Br)cc(Br)cc1C1C2=C(CC(C)(C)CC2=O)OC2=C1C(=O)CC(C)(C)C2. The highest BCUT2D eigenvalue weighted by Gasteiger charge is 2.48. The third kappa shape index (κ3) is 5.70. The third-order valence-corrected chi connectivity index (χ3v) is 8.74. The van der Waals surface area contributed by atoms with Crippen LogP contribution in [0.5, 0.6) is 5.75 Å². The van der Waals surface area contributed by atoms with Gasteiger partial charge in [0.05, 0.1) is 10.4 Å². The minimum Gasteiger partial charge on any atom is -0.482 e. The van der Waals surface area contributed by atoms with Crippen LogP contribution in [0.3, 0.4) is 0 Å². The number of para-hydroxylation sites is 1. The van der Waals surface area contributed by atoms with Crippen molar-refractivity contribution in [2.45, 2.75) is 66.2 Å². The van der Waals surface area contributed by atoms with E-state index in [-0.39, 0.29) is 34.9 Å². The lowest BCUT2D eigenvalue weighted by Gasteiger charge is -2.43. The van der Waals surface area contributed by atoms with Crippen molar-refractivity contribution in [3.05, 3.63) is 79.1 Å². The third-order valence-electron chi connectivity index (χ3n) is 7.70. The van der Waals surface area contributed by atoms with Gasteiger partial charge in [0.1, 0.15) is 17.3 Å². The number of halogens is 2. The standard InChI is InChI=1S/C32H33Br2NO5/c1-17-8-6-7-9-21(17)35-26(38)16-39-30-19(10-18(33)11-20(30)34)27-28-22(36)12-31(2,3)14-24(28)40-25-15-32(4,5)13-23(37)29(25)27/h6-11,27H,12-16H2,1-5H3,(H,35,38). The maximum atomic E-state index is 13.7. The molecule has 3 aliphatic rings. The van der Waals surface area contributed by atoms with Crippen molar-refractivity contribution in [3.8, 4) is 5.75 Å². The summed E-state index contributed by atoms with van der Waals surface area (Å²) >= 11 is 7.21. The normalized spacial score (nSPS) is 20.1. The molecule has 5 rings (SSSR count). The highest BCUT2D eigenvalue weighted by Crippen LogP contribution is 2.55. The predicted molar refractivity (Wildman–Crippen MR) is 161 cm³/mol. The van der Waals surface area contributed by atoms with Gasteiger partial charge in [0.25, 0.3) is 5.91 Å². The molecule has 0 bridgehead atoms. The molecule has 2 aliphatic carbocycles. The first-order valence-electron chi connectivity index (χ1n) is 13.4. The number of amides is 1. The summed E-state index contributed by atoms with van der Waals surface area (Å²) in [6, 6.07) is 11.2. The molecular formula is C32H33Br2NO5. The molecule has 8 heteroatoms. The van der Waals surface area contributed by atoms with Crippen molar-refractivity contribution in [2.75, 3.05) is 11.9 Å². The van der Waals surface area contributed by atoms with Crippen LogP contribution in [0.1, 0.15) is 70.4 Å². The quantitative estimate of drug-likeness (QED) is 0.349. The molecule has 0 saturated heterocycles. The van der Waals surface area contributed by atoms with Crippen LogP contribution < -0.4 is 10.1 Å². The smallest absolute Gasteiger partial charge is 0.262 e. The van der Waals surface area contributed by atoms with E-state index in [1.165, 1.54) is 0 Å². The van der Waals surface area contributed by atoms with Gasteiger partial charge in [0, 0.05) is 52.6 Å². The molecule has 1 N–H and O–H groups in total. The Morgan fingerprint density at radius 2 is 1.52 bits per heavy atom. The molecule has 1 heterocycles. The van der Waals surface area contributed by atoms with Gasteiger partial charge >= 0.3 is 0 Å². The van der Waals surface area contributed by atoms with Crippen LogP contribution in [0.4, 0.5) is 5.69 Å². The number of ether oxygens (including phenoxy) is 2. The van der Waals surface area contributed by atoms with Crippen molar-refractivity contribution in [1.29, 1.82) is 0 Å². The number of carbonyl (C=O) groups is 3. The Hall–Kier alpha value is -2.71. The van der Waals surface area contributed by atoms with Crippen LogP contribution in [0.2, 0.25) is 0 Å².